The van der Waals surface area contributed by atoms with Gasteiger partial charge in [-0.15, -0.1) is 11.6 Å². The van der Waals surface area contributed by atoms with Crippen molar-refractivity contribution in [1.29, 1.82) is 0 Å². The maximum atomic E-state index is 5.88. The fourth-order valence-electron chi connectivity index (χ4n) is 2.24. The zero-order valence-electron chi connectivity index (χ0n) is 12.1. The van der Waals surface area contributed by atoms with Crippen LogP contribution in [0.1, 0.15) is 12.2 Å². The van der Waals surface area contributed by atoms with Crippen LogP contribution in [0.2, 0.25) is 0 Å². The third kappa shape index (κ3) is 4.68. The van der Waals surface area contributed by atoms with Gasteiger partial charge in [-0.25, -0.2) is 4.98 Å². The third-order valence-corrected chi connectivity index (χ3v) is 3.89. The van der Waals surface area contributed by atoms with Gasteiger partial charge in [0.2, 0.25) is 0 Å². The zero-order chi connectivity index (χ0) is 15.1. The van der Waals surface area contributed by atoms with Crippen LogP contribution in [0.3, 0.4) is 0 Å². The first-order chi connectivity index (χ1) is 10.3. The van der Waals surface area contributed by atoms with Crippen molar-refractivity contribution in [2.75, 3.05) is 32.8 Å². The maximum Gasteiger partial charge on any atom is 0.111 e. The van der Waals surface area contributed by atoms with Crippen LogP contribution in [0, 0.1) is 0 Å². The summed E-state index contributed by atoms with van der Waals surface area (Å²) in [5.41, 5.74) is 2.15. The molecule has 0 aliphatic rings. The Morgan fingerprint density at radius 1 is 1.29 bits per heavy atom. The smallest absolute Gasteiger partial charge is 0.111 e. The molecule has 116 valence electrons. The molecule has 21 heavy (non-hydrogen) atoms. The number of benzene rings is 1. The SMILES string of the molecule is COCCOCCCn1c(CCCl)nc2ccc(Br)cc21. The second-order valence-corrected chi connectivity index (χ2v) is 6.00. The number of fused-ring (bicyclic) bond motifs is 1. The molecule has 0 aliphatic carbocycles. The molecule has 0 atom stereocenters. The largest absolute Gasteiger partial charge is 0.382 e. The van der Waals surface area contributed by atoms with Gasteiger partial charge in [-0.1, -0.05) is 15.9 Å². The first kappa shape index (κ1) is 16.7. The molecule has 6 heteroatoms. The summed E-state index contributed by atoms with van der Waals surface area (Å²) in [6.07, 6.45) is 1.72. The quantitative estimate of drug-likeness (QED) is 0.496. The molecule has 0 spiro atoms. The number of alkyl halides is 1. The highest BCUT2D eigenvalue weighted by molar-refractivity contribution is 9.10. The molecule has 1 aromatic carbocycles. The number of rotatable bonds is 9. The summed E-state index contributed by atoms with van der Waals surface area (Å²) in [6.45, 7) is 2.88. The average molecular weight is 376 g/mol. The van der Waals surface area contributed by atoms with Gasteiger partial charge in [-0.05, 0) is 24.6 Å². The number of ether oxygens (including phenoxy) is 2. The Bertz CT molecular complexity index is 574. The van der Waals surface area contributed by atoms with Crippen molar-refractivity contribution >= 4 is 38.6 Å². The van der Waals surface area contributed by atoms with Crippen molar-refractivity contribution in [3.63, 3.8) is 0 Å². The second kappa shape index (κ2) is 8.73. The van der Waals surface area contributed by atoms with E-state index in [9.17, 15) is 0 Å². The number of aromatic nitrogens is 2. The molecule has 0 unspecified atom stereocenters. The van der Waals surface area contributed by atoms with Gasteiger partial charge >= 0.3 is 0 Å². The molecule has 1 heterocycles. The first-order valence-corrected chi connectivity index (χ1v) is 8.36. The van der Waals surface area contributed by atoms with E-state index in [1.807, 2.05) is 12.1 Å². The lowest BCUT2D eigenvalue weighted by Gasteiger charge is -2.09. The number of hydrogen-bond donors (Lipinski definition) is 0. The van der Waals surface area contributed by atoms with Gasteiger partial charge in [0, 0.05) is 37.0 Å². The Labute approximate surface area is 138 Å². The molecule has 0 saturated carbocycles. The highest BCUT2D eigenvalue weighted by Gasteiger charge is 2.10. The Morgan fingerprint density at radius 2 is 2.14 bits per heavy atom. The maximum absolute atomic E-state index is 5.88. The first-order valence-electron chi connectivity index (χ1n) is 7.03. The van der Waals surface area contributed by atoms with Gasteiger partial charge in [-0.3, -0.25) is 0 Å². The second-order valence-electron chi connectivity index (χ2n) is 4.71. The summed E-state index contributed by atoms with van der Waals surface area (Å²) in [6, 6.07) is 6.15. The topological polar surface area (TPSA) is 36.3 Å². The molecular formula is C15H20BrClN2O2. The summed E-state index contributed by atoms with van der Waals surface area (Å²) >= 11 is 9.40. The van der Waals surface area contributed by atoms with E-state index in [0.717, 1.165) is 47.3 Å². The van der Waals surface area contributed by atoms with E-state index in [-0.39, 0.29) is 0 Å². The van der Waals surface area contributed by atoms with Crippen LogP contribution < -0.4 is 0 Å². The fraction of sp³-hybridized carbons (Fsp3) is 0.533. The monoisotopic (exact) mass is 374 g/mol. The number of hydrogen-bond acceptors (Lipinski definition) is 3. The van der Waals surface area contributed by atoms with Crippen LogP contribution in [0.4, 0.5) is 0 Å². The van der Waals surface area contributed by atoms with Gasteiger partial charge in [0.25, 0.3) is 0 Å². The van der Waals surface area contributed by atoms with E-state index in [1.165, 1.54) is 0 Å². The number of aryl methyl sites for hydroxylation is 2. The number of nitrogens with zero attached hydrogens (tertiary/aromatic N) is 2. The number of imidazole rings is 1. The van der Waals surface area contributed by atoms with Crippen LogP contribution in [0.25, 0.3) is 11.0 Å². The van der Waals surface area contributed by atoms with Crippen LogP contribution in [-0.2, 0) is 22.4 Å². The Balaban J connectivity index is 2.05. The van der Waals surface area contributed by atoms with Gasteiger partial charge in [-0.2, -0.15) is 0 Å². The van der Waals surface area contributed by atoms with Crippen LogP contribution >= 0.6 is 27.5 Å². The lowest BCUT2D eigenvalue weighted by atomic mass is 10.3. The van der Waals surface area contributed by atoms with Gasteiger partial charge in [0.05, 0.1) is 24.2 Å². The van der Waals surface area contributed by atoms with E-state index in [1.54, 1.807) is 7.11 Å². The minimum Gasteiger partial charge on any atom is -0.382 e. The van der Waals surface area contributed by atoms with E-state index < -0.39 is 0 Å². The van der Waals surface area contributed by atoms with Crippen LogP contribution in [0.5, 0.6) is 0 Å². The van der Waals surface area contributed by atoms with E-state index in [0.29, 0.717) is 19.1 Å². The Hall–Kier alpha value is -0.620. The average Bonchev–Trinajstić information content (AvgIpc) is 2.80. The summed E-state index contributed by atoms with van der Waals surface area (Å²) in [5, 5.41) is 0. The molecule has 0 N–H and O–H groups in total. The highest BCUT2D eigenvalue weighted by Crippen LogP contribution is 2.22. The molecule has 0 saturated heterocycles. The van der Waals surface area contributed by atoms with Crippen molar-refractivity contribution in [3.8, 4) is 0 Å². The minimum atomic E-state index is 0.578. The Kier molecular flexibility index (Phi) is 6.96. The summed E-state index contributed by atoms with van der Waals surface area (Å²) < 4.78 is 13.8. The van der Waals surface area contributed by atoms with Crippen molar-refractivity contribution in [1.82, 2.24) is 9.55 Å². The van der Waals surface area contributed by atoms with E-state index in [4.69, 9.17) is 21.1 Å². The fourth-order valence-corrected chi connectivity index (χ4v) is 2.76. The van der Waals surface area contributed by atoms with Gasteiger partial charge < -0.3 is 14.0 Å². The van der Waals surface area contributed by atoms with Crippen molar-refractivity contribution in [2.45, 2.75) is 19.4 Å². The molecule has 0 bridgehead atoms. The van der Waals surface area contributed by atoms with Crippen molar-refractivity contribution in [3.05, 3.63) is 28.5 Å². The predicted octanol–water partition coefficient (Wildman–Crippen LogP) is 3.63. The number of halogens is 2. The van der Waals surface area contributed by atoms with Gasteiger partial charge in [0.1, 0.15) is 5.82 Å². The molecule has 4 nitrogen and oxygen atoms in total. The minimum absolute atomic E-state index is 0.578. The lowest BCUT2D eigenvalue weighted by Crippen LogP contribution is -2.09. The van der Waals surface area contributed by atoms with Crippen LogP contribution in [-0.4, -0.2) is 42.4 Å². The van der Waals surface area contributed by atoms with E-state index in [2.05, 4.69) is 31.5 Å². The molecule has 0 radical (unpaired) electrons. The summed E-state index contributed by atoms with van der Waals surface area (Å²) in [7, 11) is 1.68. The summed E-state index contributed by atoms with van der Waals surface area (Å²) in [5.74, 6) is 1.62. The predicted molar refractivity (Wildman–Crippen MR) is 89.2 cm³/mol. The van der Waals surface area contributed by atoms with Crippen molar-refractivity contribution in [2.24, 2.45) is 0 Å². The normalized spacial score (nSPS) is 11.4. The molecule has 0 amide bonds. The van der Waals surface area contributed by atoms with E-state index >= 15 is 0 Å². The standard InChI is InChI=1S/C15H20BrClN2O2/c1-20-9-10-21-8-2-7-19-14-11-12(16)3-4-13(14)18-15(19)5-6-17/h3-4,11H,2,5-10H2,1H3. The van der Waals surface area contributed by atoms with Crippen LogP contribution in [0.15, 0.2) is 22.7 Å². The lowest BCUT2D eigenvalue weighted by molar-refractivity contribution is 0.0680. The molecule has 2 aromatic rings. The zero-order valence-corrected chi connectivity index (χ0v) is 14.5. The molecule has 1 aromatic heterocycles. The van der Waals surface area contributed by atoms with Gasteiger partial charge in [0.15, 0.2) is 0 Å². The highest BCUT2D eigenvalue weighted by atomic mass is 79.9. The molecule has 2 rings (SSSR count). The molecular weight excluding hydrogens is 356 g/mol. The summed E-state index contributed by atoms with van der Waals surface area (Å²) in [4.78, 5) is 4.67. The molecule has 0 fully saturated rings. The Morgan fingerprint density at radius 3 is 2.90 bits per heavy atom. The third-order valence-electron chi connectivity index (χ3n) is 3.21. The molecule has 0 aliphatic heterocycles. The number of methoxy groups -OCH3 is 1. The van der Waals surface area contributed by atoms with Crippen molar-refractivity contribution < 1.29 is 9.47 Å².